The lowest BCUT2D eigenvalue weighted by Crippen LogP contribution is -2.23. The number of hydrogen-bond acceptors (Lipinski definition) is 4. The molecule has 0 spiro atoms. The summed E-state index contributed by atoms with van der Waals surface area (Å²) >= 11 is 0. The van der Waals surface area contributed by atoms with Gasteiger partial charge < -0.3 is 19.4 Å². The van der Waals surface area contributed by atoms with Gasteiger partial charge in [-0.3, -0.25) is 0 Å². The molecular formula is C16H28N2O2. The van der Waals surface area contributed by atoms with E-state index in [1.807, 2.05) is 6.92 Å². The molecule has 0 unspecified atom stereocenters. The van der Waals surface area contributed by atoms with Gasteiger partial charge in [0.05, 0.1) is 19.8 Å². The minimum absolute atomic E-state index is 0.664. The Morgan fingerprint density at radius 3 is 2.90 bits per heavy atom. The Hall–Kier alpha value is -0.840. The minimum atomic E-state index is 0.664. The van der Waals surface area contributed by atoms with E-state index in [4.69, 9.17) is 9.15 Å². The van der Waals surface area contributed by atoms with E-state index >= 15 is 0 Å². The predicted octanol–water partition coefficient (Wildman–Crippen LogP) is 2.70. The van der Waals surface area contributed by atoms with E-state index < -0.39 is 0 Å². The lowest BCUT2D eigenvalue weighted by molar-refractivity contribution is 0.0985. The monoisotopic (exact) mass is 280 g/mol. The third-order valence-electron chi connectivity index (χ3n) is 3.81. The molecule has 114 valence electrons. The van der Waals surface area contributed by atoms with E-state index in [2.05, 4.69) is 23.2 Å². The number of furan rings is 1. The Kier molecular flexibility index (Phi) is 6.57. The van der Waals surface area contributed by atoms with E-state index in [0.29, 0.717) is 6.61 Å². The predicted molar refractivity (Wildman–Crippen MR) is 80.8 cm³/mol. The molecule has 2 rings (SSSR count). The molecule has 0 aromatic carbocycles. The van der Waals surface area contributed by atoms with Crippen molar-refractivity contribution in [1.29, 1.82) is 0 Å². The molecule has 4 nitrogen and oxygen atoms in total. The first-order chi connectivity index (χ1) is 9.79. The van der Waals surface area contributed by atoms with Crippen LogP contribution in [0.15, 0.2) is 10.5 Å². The molecule has 4 heteroatoms. The summed E-state index contributed by atoms with van der Waals surface area (Å²) in [5.41, 5.74) is 1.18. The number of aryl methyl sites for hydroxylation is 1. The van der Waals surface area contributed by atoms with E-state index in [-0.39, 0.29) is 0 Å². The van der Waals surface area contributed by atoms with Crippen molar-refractivity contribution in [3.63, 3.8) is 0 Å². The van der Waals surface area contributed by atoms with Crippen molar-refractivity contribution in [2.75, 3.05) is 32.8 Å². The molecule has 20 heavy (non-hydrogen) atoms. The summed E-state index contributed by atoms with van der Waals surface area (Å²) in [7, 11) is 0. The van der Waals surface area contributed by atoms with Crippen LogP contribution in [0.5, 0.6) is 0 Å². The van der Waals surface area contributed by atoms with E-state index in [0.717, 1.165) is 44.2 Å². The van der Waals surface area contributed by atoms with Crippen LogP contribution in [0.4, 0.5) is 0 Å². The molecule has 1 N–H and O–H groups in total. The summed E-state index contributed by atoms with van der Waals surface area (Å²) < 4.78 is 11.5. The van der Waals surface area contributed by atoms with Gasteiger partial charge in [-0.05, 0) is 51.9 Å². The fourth-order valence-electron chi connectivity index (χ4n) is 2.59. The van der Waals surface area contributed by atoms with Gasteiger partial charge in [-0.25, -0.2) is 0 Å². The Bertz CT molecular complexity index is 384. The van der Waals surface area contributed by atoms with Crippen LogP contribution >= 0.6 is 0 Å². The second-order valence-corrected chi connectivity index (χ2v) is 5.57. The zero-order chi connectivity index (χ0) is 14.2. The van der Waals surface area contributed by atoms with Crippen LogP contribution in [-0.2, 0) is 17.9 Å². The molecule has 0 bridgehead atoms. The molecule has 0 amide bonds. The van der Waals surface area contributed by atoms with Crippen molar-refractivity contribution in [2.45, 2.75) is 46.3 Å². The van der Waals surface area contributed by atoms with Gasteiger partial charge in [-0.1, -0.05) is 6.92 Å². The highest BCUT2D eigenvalue weighted by atomic mass is 16.5. The van der Waals surface area contributed by atoms with E-state index in [1.54, 1.807) is 0 Å². The quantitative estimate of drug-likeness (QED) is 0.706. The van der Waals surface area contributed by atoms with Gasteiger partial charge in [0.2, 0.25) is 0 Å². The number of rotatable bonds is 9. The van der Waals surface area contributed by atoms with Gasteiger partial charge in [0, 0.05) is 12.1 Å². The highest BCUT2D eigenvalue weighted by Crippen LogP contribution is 2.15. The number of nitrogens with zero attached hydrogens (tertiary/aromatic N) is 1. The molecule has 1 saturated heterocycles. The third-order valence-corrected chi connectivity index (χ3v) is 3.81. The summed E-state index contributed by atoms with van der Waals surface area (Å²) in [5.74, 6) is 1.99. The maximum atomic E-state index is 5.78. The average Bonchev–Trinajstić information content (AvgIpc) is 3.05. The summed E-state index contributed by atoms with van der Waals surface area (Å²) in [6.45, 7) is 11.0. The molecule has 2 heterocycles. The zero-order valence-corrected chi connectivity index (χ0v) is 12.9. The Morgan fingerprint density at radius 2 is 2.15 bits per heavy atom. The second kappa shape index (κ2) is 8.45. The van der Waals surface area contributed by atoms with Crippen molar-refractivity contribution in [3.05, 3.63) is 23.2 Å². The molecule has 1 aromatic heterocycles. The van der Waals surface area contributed by atoms with Crippen LogP contribution < -0.4 is 5.32 Å². The maximum Gasteiger partial charge on any atom is 0.118 e. The van der Waals surface area contributed by atoms with Crippen LogP contribution in [0.2, 0.25) is 0 Å². The topological polar surface area (TPSA) is 37.6 Å². The Labute approximate surface area is 122 Å². The van der Waals surface area contributed by atoms with Gasteiger partial charge in [0.25, 0.3) is 0 Å². The summed E-state index contributed by atoms with van der Waals surface area (Å²) in [6.07, 6.45) is 3.83. The van der Waals surface area contributed by atoms with Crippen LogP contribution in [0.1, 0.15) is 43.3 Å². The van der Waals surface area contributed by atoms with Crippen molar-refractivity contribution in [2.24, 2.45) is 0 Å². The lowest BCUT2D eigenvalue weighted by Gasteiger charge is -2.13. The fourth-order valence-corrected chi connectivity index (χ4v) is 2.59. The van der Waals surface area contributed by atoms with Crippen LogP contribution in [0.25, 0.3) is 0 Å². The number of ether oxygens (including phenoxy) is 1. The molecule has 1 aliphatic rings. The Morgan fingerprint density at radius 1 is 1.35 bits per heavy atom. The van der Waals surface area contributed by atoms with Crippen molar-refractivity contribution in [3.8, 4) is 0 Å². The van der Waals surface area contributed by atoms with Gasteiger partial charge >= 0.3 is 0 Å². The molecule has 0 saturated carbocycles. The first-order valence-electron chi connectivity index (χ1n) is 7.88. The first kappa shape index (κ1) is 15.5. The van der Waals surface area contributed by atoms with Gasteiger partial charge in [0.1, 0.15) is 11.5 Å². The van der Waals surface area contributed by atoms with E-state index in [9.17, 15) is 0 Å². The number of hydrogen-bond donors (Lipinski definition) is 1. The Balaban J connectivity index is 1.66. The van der Waals surface area contributed by atoms with Crippen molar-refractivity contribution in [1.82, 2.24) is 10.2 Å². The highest BCUT2D eigenvalue weighted by Gasteiger charge is 2.11. The van der Waals surface area contributed by atoms with Gasteiger partial charge in [-0.15, -0.1) is 0 Å². The number of nitrogens with one attached hydrogen (secondary N) is 1. The van der Waals surface area contributed by atoms with Crippen LogP contribution in [0, 0.1) is 6.92 Å². The minimum Gasteiger partial charge on any atom is -0.465 e. The van der Waals surface area contributed by atoms with Crippen molar-refractivity contribution < 1.29 is 9.15 Å². The molecule has 1 aliphatic heterocycles. The molecule has 0 radical (unpaired) electrons. The van der Waals surface area contributed by atoms with Gasteiger partial charge in [-0.2, -0.15) is 0 Å². The lowest BCUT2D eigenvalue weighted by atomic mass is 10.2. The summed E-state index contributed by atoms with van der Waals surface area (Å²) in [5, 5.41) is 3.36. The van der Waals surface area contributed by atoms with Crippen molar-refractivity contribution >= 4 is 0 Å². The largest absolute Gasteiger partial charge is 0.465 e. The zero-order valence-electron chi connectivity index (χ0n) is 12.9. The highest BCUT2D eigenvalue weighted by molar-refractivity contribution is 5.19. The molecule has 1 fully saturated rings. The standard InChI is InChI=1S/C16H28N2O2/c1-3-6-17-12-16-11-15(14(2)20-16)13-19-10-9-18-7-4-5-8-18/h11,17H,3-10,12-13H2,1-2H3. The molecule has 0 atom stereocenters. The molecule has 0 aliphatic carbocycles. The summed E-state index contributed by atoms with van der Waals surface area (Å²) in [6, 6.07) is 2.12. The second-order valence-electron chi connectivity index (χ2n) is 5.57. The maximum absolute atomic E-state index is 5.78. The van der Waals surface area contributed by atoms with Gasteiger partial charge in [0.15, 0.2) is 0 Å². The molecular weight excluding hydrogens is 252 g/mol. The fraction of sp³-hybridized carbons (Fsp3) is 0.750. The average molecular weight is 280 g/mol. The molecule has 1 aromatic rings. The first-order valence-corrected chi connectivity index (χ1v) is 7.88. The van der Waals surface area contributed by atoms with Crippen LogP contribution in [0.3, 0.4) is 0 Å². The normalized spacial score (nSPS) is 16.1. The summed E-state index contributed by atoms with van der Waals surface area (Å²) in [4.78, 5) is 2.47. The third kappa shape index (κ3) is 4.93. The van der Waals surface area contributed by atoms with Crippen LogP contribution in [-0.4, -0.2) is 37.7 Å². The smallest absolute Gasteiger partial charge is 0.118 e. The number of likely N-dealkylation sites (tertiary alicyclic amines) is 1. The SMILES string of the molecule is CCCNCc1cc(COCCN2CCCC2)c(C)o1. The van der Waals surface area contributed by atoms with E-state index in [1.165, 1.54) is 31.5 Å².